The molecule has 0 spiro atoms. The van der Waals surface area contributed by atoms with Gasteiger partial charge in [0.05, 0.1) is 23.2 Å². The van der Waals surface area contributed by atoms with Gasteiger partial charge in [0, 0.05) is 25.7 Å². The molecule has 0 saturated heterocycles. The van der Waals surface area contributed by atoms with E-state index in [4.69, 9.17) is 10.2 Å². The van der Waals surface area contributed by atoms with E-state index >= 15 is 0 Å². The number of benzene rings is 1. The number of nitrogens with one attached hydrogen (secondary N) is 1. The molecule has 148 valence electrons. The summed E-state index contributed by atoms with van der Waals surface area (Å²) in [5.41, 5.74) is 10.5. The van der Waals surface area contributed by atoms with Crippen molar-refractivity contribution in [1.82, 2.24) is 14.3 Å². The smallest absolute Gasteiger partial charge is 0.272 e. The Hall–Kier alpha value is -3.81. The van der Waals surface area contributed by atoms with Crippen molar-refractivity contribution in [3.63, 3.8) is 0 Å². The number of nitrogens with two attached hydrogens (primary N) is 1. The van der Waals surface area contributed by atoms with Crippen molar-refractivity contribution >= 4 is 28.6 Å². The number of rotatable bonds is 5. The van der Waals surface area contributed by atoms with Crippen LogP contribution in [0, 0.1) is 13.8 Å². The molecule has 8 nitrogen and oxygen atoms in total. The van der Waals surface area contributed by atoms with Crippen LogP contribution in [0.2, 0.25) is 0 Å². The van der Waals surface area contributed by atoms with Crippen LogP contribution in [0.25, 0.3) is 11.1 Å². The van der Waals surface area contributed by atoms with Gasteiger partial charge >= 0.3 is 0 Å². The molecule has 0 saturated carbocycles. The molecule has 29 heavy (non-hydrogen) atoms. The molecule has 0 atom stereocenters. The Balaban J connectivity index is 1.73. The lowest BCUT2D eigenvalue weighted by molar-refractivity contribution is 0.0992. The minimum atomic E-state index is -0.660. The summed E-state index contributed by atoms with van der Waals surface area (Å²) in [6, 6.07) is 11.6. The number of furan rings is 1. The molecule has 0 radical (unpaired) electrons. The Kier molecular flexibility index (Phi) is 4.46. The topological polar surface area (TPSA) is 108 Å². The van der Waals surface area contributed by atoms with Gasteiger partial charge in [-0.15, -0.1) is 0 Å². The minimum Gasteiger partial charge on any atom is -0.463 e. The fourth-order valence-electron chi connectivity index (χ4n) is 3.48. The third-order valence-corrected chi connectivity index (χ3v) is 4.91. The van der Waals surface area contributed by atoms with Crippen molar-refractivity contribution in [3.05, 3.63) is 70.9 Å². The van der Waals surface area contributed by atoms with Crippen LogP contribution >= 0.6 is 0 Å². The molecule has 3 N–H and O–H groups in total. The summed E-state index contributed by atoms with van der Waals surface area (Å²) in [6.07, 6.45) is 1.59. The van der Waals surface area contributed by atoms with Gasteiger partial charge in [0.15, 0.2) is 5.58 Å². The molecule has 4 aromatic rings. The Morgan fingerprint density at radius 1 is 1.17 bits per heavy atom. The van der Waals surface area contributed by atoms with Crippen molar-refractivity contribution in [2.24, 2.45) is 12.8 Å². The van der Waals surface area contributed by atoms with Crippen LogP contribution in [0.5, 0.6) is 0 Å². The van der Waals surface area contributed by atoms with Gasteiger partial charge < -0.3 is 20.0 Å². The van der Waals surface area contributed by atoms with Crippen molar-refractivity contribution in [2.45, 2.75) is 20.4 Å². The minimum absolute atomic E-state index is 0.149. The predicted octanol–water partition coefficient (Wildman–Crippen LogP) is 2.98. The maximum atomic E-state index is 13.1. The van der Waals surface area contributed by atoms with Gasteiger partial charge in [-0.25, -0.2) is 0 Å². The van der Waals surface area contributed by atoms with E-state index in [0.29, 0.717) is 29.2 Å². The molecule has 0 bridgehead atoms. The lowest BCUT2D eigenvalue weighted by Crippen LogP contribution is -2.22. The summed E-state index contributed by atoms with van der Waals surface area (Å²) in [5, 5.41) is 6.98. The van der Waals surface area contributed by atoms with Crippen LogP contribution in [0.1, 0.15) is 37.8 Å². The average molecular weight is 391 g/mol. The summed E-state index contributed by atoms with van der Waals surface area (Å²) in [7, 11) is 1.61. The number of carbonyl (C=O) groups excluding carboxylic acids is 2. The average Bonchev–Trinajstić information content (AvgIpc) is 3.32. The lowest BCUT2D eigenvalue weighted by atomic mass is 10.1. The van der Waals surface area contributed by atoms with Gasteiger partial charge in [-0.3, -0.25) is 14.3 Å². The molecule has 0 aliphatic heterocycles. The van der Waals surface area contributed by atoms with Gasteiger partial charge in [-0.1, -0.05) is 29.8 Å². The first-order valence-electron chi connectivity index (χ1n) is 9.12. The van der Waals surface area contributed by atoms with E-state index in [1.54, 1.807) is 26.3 Å². The van der Waals surface area contributed by atoms with Crippen LogP contribution in [0.15, 0.2) is 47.1 Å². The van der Waals surface area contributed by atoms with Crippen LogP contribution in [-0.4, -0.2) is 26.2 Å². The number of anilines is 1. The first kappa shape index (κ1) is 18.5. The Morgan fingerprint density at radius 2 is 1.90 bits per heavy atom. The molecule has 3 aromatic heterocycles. The van der Waals surface area contributed by atoms with E-state index in [0.717, 1.165) is 11.1 Å². The molecule has 0 unspecified atom stereocenters. The maximum Gasteiger partial charge on any atom is 0.272 e. The second-order valence-corrected chi connectivity index (χ2v) is 7.02. The van der Waals surface area contributed by atoms with E-state index in [-0.39, 0.29) is 11.6 Å². The number of nitrogens with zero attached hydrogens (tertiary/aromatic N) is 3. The zero-order chi connectivity index (χ0) is 20.7. The quantitative estimate of drug-likeness (QED) is 0.545. The van der Waals surface area contributed by atoms with E-state index in [2.05, 4.69) is 10.4 Å². The third kappa shape index (κ3) is 3.29. The summed E-state index contributed by atoms with van der Waals surface area (Å²) in [5.74, 6) is -1.03. The summed E-state index contributed by atoms with van der Waals surface area (Å²) < 4.78 is 8.74. The number of carbonyl (C=O) groups is 2. The maximum absolute atomic E-state index is 13.1. The van der Waals surface area contributed by atoms with Crippen LogP contribution in [0.4, 0.5) is 5.69 Å². The summed E-state index contributed by atoms with van der Waals surface area (Å²) in [4.78, 5) is 24.9. The third-order valence-electron chi connectivity index (χ3n) is 4.91. The van der Waals surface area contributed by atoms with Crippen LogP contribution < -0.4 is 11.1 Å². The molecule has 0 fully saturated rings. The second kappa shape index (κ2) is 6.97. The highest BCUT2D eigenvalue weighted by molar-refractivity contribution is 6.09. The molecule has 2 amide bonds. The monoisotopic (exact) mass is 391 g/mol. The normalized spacial score (nSPS) is 11.1. The molecule has 8 heteroatoms. The molecule has 3 heterocycles. The van der Waals surface area contributed by atoms with Crippen LogP contribution in [-0.2, 0) is 13.6 Å². The van der Waals surface area contributed by atoms with Crippen LogP contribution in [0.3, 0.4) is 0 Å². The first-order valence-corrected chi connectivity index (χ1v) is 9.12. The Labute approximate surface area is 166 Å². The van der Waals surface area contributed by atoms with Crippen molar-refractivity contribution < 1.29 is 14.0 Å². The van der Waals surface area contributed by atoms with Crippen molar-refractivity contribution in [3.8, 4) is 0 Å². The summed E-state index contributed by atoms with van der Waals surface area (Å²) >= 11 is 0. The van der Waals surface area contributed by atoms with Crippen molar-refractivity contribution in [1.29, 1.82) is 0 Å². The predicted molar refractivity (Wildman–Crippen MR) is 109 cm³/mol. The molecule has 1 aromatic carbocycles. The van der Waals surface area contributed by atoms with E-state index in [1.807, 2.05) is 41.8 Å². The molecule has 0 aliphatic rings. The molecule has 0 aliphatic carbocycles. The number of primary amides is 1. The zero-order valence-corrected chi connectivity index (χ0v) is 16.4. The Morgan fingerprint density at radius 3 is 2.59 bits per heavy atom. The number of aromatic nitrogens is 3. The van der Waals surface area contributed by atoms with E-state index in [9.17, 15) is 9.59 Å². The van der Waals surface area contributed by atoms with E-state index < -0.39 is 5.91 Å². The molecular weight excluding hydrogens is 370 g/mol. The largest absolute Gasteiger partial charge is 0.463 e. The number of hydrogen-bond acceptors (Lipinski definition) is 4. The lowest BCUT2D eigenvalue weighted by Gasteiger charge is -2.11. The highest BCUT2D eigenvalue weighted by Gasteiger charge is 2.23. The first-order chi connectivity index (χ1) is 13.8. The number of aryl methyl sites for hydroxylation is 3. The fourth-order valence-corrected chi connectivity index (χ4v) is 3.48. The van der Waals surface area contributed by atoms with Crippen molar-refractivity contribution in [2.75, 3.05) is 5.32 Å². The zero-order valence-electron chi connectivity index (χ0n) is 16.4. The second-order valence-electron chi connectivity index (χ2n) is 7.02. The highest BCUT2D eigenvalue weighted by Crippen LogP contribution is 2.25. The molecule has 4 rings (SSSR count). The van der Waals surface area contributed by atoms with Gasteiger partial charge in [-0.05, 0) is 19.4 Å². The number of fused-ring (bicyclic) bond motifs is 1. The fraction of sp³-hybridized carbons (Fsp3) is 0.190. The Bertz CT molecular complexity index is 1230. The van der Waals surface area contributed by atoms with Gasteiger partial charge in [-0.2, -0.15) is 5.10 Å². The van der Waals surface area contributed by atoms with Gasteiger partial charge in [0.1, 0.15) is 11.4 Å². The van der Waals surface area contributed by atoms with E-state index in [1.165, 1.54) is 10.2 Å². The van der Waals surface area contributed by atoms with Gasteiger partial charge in [0.2, 0.25) is 0 Å². The number of hydrogen-bond donors (Lipinski definition) is 2. The SMILES string of the molecule is Cc1ccc(Cn2c(C(=O)Nc3c(C)nn(C)c3C(N)=O)cc3occc32)cc1. The summed E-state index contributed by atoms with van der Waals surface area (Å²) in [6.45, 7) is 4.24. The highest BCUT2D eigenvalue weighted by atomic mass is 16.3. The molecular formula is C21H21N5O3. The van der Waals surface area contributed by atoms with Gasteiger partial charge in [0.25, 0.3) is 11.8 Å². The number of amides is 2. The standard InChI is InChI=1S/C21H21N5O3/c1-12-4-6-14(7-5-12)11-26-15-8-9-29-17(15)10-16(26)21(28)23-18-13(2)24-25(3)19(18)20(22)27/h4-10H,11H2,1-3H3,(H2,22,27)(H,23,28).